The Bertz CT molecular complexity index is 2040. The van der Waals surface area contributed by atoms with E-state index in [1.807, 2.05) is 78.9 Å². The van der Waals surface area contributed by atoms with Crippen LogP contribution in [0.1, 0.15) is 47.2 Å². The van der Waals surface area contributed by atoms with Gasteiger partial charge in [-0.25, -0.2) is 0 Å². The minimum Gasteiger partial charge on any atom is -0.496 e. The molecule has 0 spiro atoms. The summed E-state index contributed by atoms with van der Waals surface area (Å²) in [5.41, 5.74) is 3.93. The topological polar surface area (TPSA) is 85.9 Å². The Hall–Kier alpha value is -5.00. The van der Waals surface area contributed by atoms with Crippen LogP contribution in [0.5, 0.6) is 17.2 Å². The van der Waals surface area contributed by atoms with E-state index in [0.29, 0.717) is 32.9 Å². The molecule has 1 N–H and O–H groups in total. The predicted molar refractivity (Wildman–Crippen MR) is 219 cm³/mol. The molecule has 9 nitrogen and oxygen atoms in total. The number of hydrogen-bond acceptors (Lipinski definition) is 9. The quantitative estimate of drug-likeness (QED) is 0.0682. The Morgan fingerprint density at radius 3 is 1.66 bits per heavy atom. The highest BCUT2D eigenvalue weighted by molar-refractivity contribution is 5.90. The normalized spacial score (nSPS) is 18.1. The molecule has 9 heteroatoms. The molecular weight excluding hydrogens is 707 g/mol. The lowest BCUT2D eigenvalue weighted by molar-refractivity contribution is -0.207. The van der Waals surface area contributed by atoms with Crippen molar-refractivity contribution in [2.75, 3.05) is 54.7 Å². The third-order valence-electron chi connectivity index (χ3n) is 10.3. The van der Waals surface area contributed by atoms with Gasteiger partial charge in [0.25, 0.3) is 0 Å². The van der Waals surface area contributed by atoms with Crippen LogP contribution in [-0.2, 0) is 30.3 Å². The first-order valence-corrected chi connectivity index (χ1v) is 19.1. The minimum absolute atomic E-state index is 0.198. The van der Waals surface area contributed by atoms with E-state index in [4.69, 9.17) is 37.9 Å². The molecule has 1 aliphatic rings. The van der Waals surface area contributed by atoms with E-state index >= 15 is 0 Å². The predicted octanol–water partition coefficient (Wildman–Crippen LogP) is 9.14. The van der Waals surface area contributed by atoms with E-state index in [-0.39, 0.29) is 18.1 Å². The number of methoxy groups -OCH3 is 4. The zero-order valence-corrected chi connectivity index (χ0v) is 32.5. The average Bonchev–Trinajstić information content (AvgIpc) is 3.25. The third kappa shape index (κ3) is 9.33. The van der Waals surface area contributed by atoms with Gasteiger partial charge in [0, 0.05) is 61.5 Å². The minimum atomic E-state index is -0.670. The highest BCUT2D eigenvalue weighted by atomic mass is 16.7. The molecule has 1 saturated heterocycles. The van der Waals surface area contributed by atoms with Crippen LogP contribution in [0.4, 0.5) is 0 Å². The second kappa shape index (κ2) is 19.2. The zero-order chi connectivity index (χ0) is 38.7. The first kappa shape index (κ1) is 39.2. The molecule has 1 aliphatic heterocycles. The fraction of sp³-hybridized carbons (Fsp3) is 0.319. The maximum absolute atomic E-state index is 6.93. The first-order valence-electron chi connectivity index (χ1n) is 19.1. The van der Waals surface area contributed by atoms with Crippen molar-refractivity contribution in [3.8, 4) is 17.2 Å². The summed E-state index contributed by atoms with van der Waals surface area (Å²) in [6.07, 6.45) is -1.24. The molecule has 0 bridgehead atoms. The fourth-order valence-corrected chi connectivity index (χ4v) is 7.52. The van der Waals surface area contributed by atoms with Gasteiger partial charge in [0.05, 0.1) is 46.2 Å². The van der Waals surface area contributed by atoms with E-state index in [9.17, 15) is 0 Å². The van der Waals surface area contributed by atoms with Crippen LogP contribution in [0, 0.1) is 0 Å². The molecule has 3 unspecified atom stereocenters. The smallest absolute Gasteiger partial charge is 0.184 e. The number of ether oxygens (including phenoxy) is 8. The van der Waals surface area contributed by atoms with Crippen LogP contribution >= 0.6 is 0 Å². The number of piperidine rings is 1. The molecule has 0 saturated carbocycles. The van der Waals surface area contributed by atoms with Crippen molar-refractivity contribution in [2.45, 2.75) is 43.7 Å². The van der Waals surface area contributed by atoms with Crippen molar-refractivity contribution in [3.05, 3.63) is 150 Å². The van der Waals surface area contributed by atoms with Gasteiger partial charge in [0.15, 0.2) is 12.6 Å². The maximum atomic E-state index is 6.93. The lowest BCUT2D eigenvalue weighted by atomic mass is 9.85. The van der Waals surface area contributed by atoms with E-state index < -0.39 is 12.6 Å². The summed E-state index contributed by atoms with van der Waals surface area (Å²) in [6, 6.07) is 42.9. The Kier molecular flexibility index (Phi) is 13.5. The number of nitrogens with one attached hydrogen (secondary N) is 1. The van der Waals surface area contributed by atoms with Gasteiger partial charge in [-0.2, -0.15) is 0 Å². The van der Waals surface area contributed by atoms with Gasteiger partial charge in [-0.1, -0.05) is 91.0 Å². The van der Waals surface area contributed by atoms with Crippen LogP contribution in [-0.4, -0.2) is 67.0 Å². The molecule has 0 aromatic heterocycles. The molecule has 1 fully saturated rings. The van der Waals surface area contributed by atoms with E-state index in [2.05, 4.69) is 53.8 Å². The summed E-state index contributed by atoms with van der Waals surface area (Å²) in [5, 5.41) is 7.70. The molecule has 5 atom stereocenters. The molecule has 7 rings (SSSR count). The van der Waals surface area contributed by atoms with Crippen molar-refractivity contribution >= 4 is 21.5 Å². The van der Waals surface area contributed by atoms with Gasteiger partial charge in [-0.15, -0.1) is 0 Å². The highest BCUT2D eigenvalue weighted by Crippen LogP contribution is 2.39. The standard InChI is InChI=1S/C47H51NO8/c1-49-41-27-36(25-34-15-8-10-17-39(34)41)46(51-3)55-43-29-48-30-44(56-47(52-4)37-26-35-16-9-11-18-40(35)42(28-37)50-2)45(43)33-19-21-38(22-20-33)54-24-12-23-53-31-32-13-6-5-7-14-32/h5-11,13-22,25-28,43-48H,12,23-24,29-31H2,1-4H3/t43-,44+,45?,46?,47?. The summed E-state index contributed by atoms with van der Waals surface area (Å²) >= 11 is 0. The highest BCUT2D eigenvalue weighted by Gasteiger charge is 2.39. The Balaban J connectivity index is 1.12. The average molecular weight is 758 g/mol. The maximum Gasteiger partial charge on any atom is 0.184 e. The van der Waals surface area contributed by atoms with Gasteiger partial charge in [-0.3, -0.25) is 0 Å². The van der Waals surface area contributed by atoms with E-state index in [1.54, 1.807) is 28.4 Å². The lowest BCUT2D eigenvalue weighted by Gasteiger charge is -2.41. The molecule has 6 aromatic carbocycles. The summed E-state index contributed by atoms with van der Waals surface area (Å²) in [5.74, 6) is 2.11. The van der Waals surface area contributed by atoms with Crippen molar-refractivity contribution < 1.29 is 37.9 Å². The molecule has 6 aromatic rings. The molecule has 0 amide bonds. The lowest BCUT2D eigenvalue weighted by Crippen LogP contribution is -2.51. The first-order chi connectivity index (χ1) is 27.6. The largest absolute Gasteiger partial charge is 0.496 e. The van der Waals surface area contributed by atoms with Gasteiger partial charge >= 0.3 is 0 Å². The number of benzene rings is 6. The SMILES string of the molecule is COc1cc(C(OC)O[C@H]2CNC[C@@H](OC(OC)c3cc(OC)c4ccccc4c3)C2c2ccc(OCCCOCc3ccccc3)cc2)cc2ccccc12. The van der Waals surface area contributed by atoms with Crippen molar-refractivity contribution in [1.82, 2.24) is 5.32 Å². The van der Waals surface area contributed by atoms with Crippen LogP contribution in [0.3, 0.4) is 0 Å². The summed E-state index contributed by atoms with van der Waals surface area (Å²) in [6.45, 7) is 2.92. The fourth-order valence-electron chi connectivity index (χ4n) is 7.52. The Labute approximate surface area is 329 Å². The number of rotatable bonds is 18. The molecule has 56 heavy (non-hydrogen) atoms. The molecule has 0 aliphatic carbocycles. The van der Waals surface area contributed by atoms with Gasteiger partial charge in [0.1, 0.15) is 17.2 Å². The van der Waals surface area contributed by atoms with Gasteiger partial charge in [-0.05, 0) is 58.3 Å². The second-order valence-corrected chi connectivity index (χ2v) is 13.9. The van der Waals surface area contributed by atoms with Crippen LogP contribution in [0.15, 0.2) is 127 Å². The van der Waals surface area contributed by atoms with Gasteiger partial charge in [0.2, 0.25) is 0 Å². The second-order valence-electron chi connectivity index (χ2n) is 13.9. The van der Waals surface area contributed by atoms with E-state index in [0.717, 1.165) is 67.5 Å². The van der Waals surface area contributed by atoms with Crippen LogP contribution in [0.25, 0.3) is 21.5 Å². The summed E-state index contributed by atoms with van der Waals surface area (Å²) in [4.78, 5) is 0. The Morgan fingerprint density at radius 2 is 1.12 bits per heavy atom. The van der Waals surface area contributed by atoms with Gasteiger partial charge < -0.3 is 43.2 Å². The zero-order valence-electron chi connectivity index (χ0n) is 32.5. The molecule has 1 heterocycles. The molecule has 292 valence electrons. The van der Waals surface area contributed by atoms with Crippen molar-refractivity contribution in [3.63, 3.8) is 0 Å². The number of fused-ring (bicyclic) bond motifs is 2. The number of hydrogen-bond donors (Lipinski definition) is 1. The van der Waals surface area contributed by atoms with Crippen molar-refractivity contribution in [1.29, 1.82) is 0 Å². The van der Waals surface area contributed by atoms with Crippen LogP contribution in [0.2, 0.25) is 0 Å². The summed E-state index contributed by atoms with van der Waals surface area (Å²) in [7, 11) is 6.69. The van der Waals surface area contributed by atoms with Crippen LogP contribution < -0.4 is 19.5 Å². The monoisotopic (exact) mass is 757 g/mol. The summed E-state index contributed by atoms with van der Waals surface area (Å²) < 4.78 is 49.5. The van der Waals surface area contributed by atoms with Crippen molar-refractivity contribution in [2.24, 2.45) is 0 Å². The Morgan fingerprint density at radius 1 is 0.589 bits per heavy atom. The molecular formula is C47H51NO8. The third-order valence-corrected chi connectivity index (χ3v) is 10.3. The van der Waals surface area contributed by atoms with E-state index in [1.165, 1.54) is 0 Å². The molecule has 0 radical (unpaired) electrons.